The van der Waals surface area contributed by atoms with Crippen LogP contribution in [0, 0.1) is 0 Å². The number of rotatable bonds is 9. The molecular formula is C15H22N4O2. The smallest absolute Gasteiger partial charge is 0.325 e. The fraction of sp³-hybridized carbons (Fsp3) is 0.533. The van der Waals surface area contributed by atoms with Crippen LogP contribution in [0.25, 0.3) is 10.4 Å². The molecule has 0 fully saturated rings. The first-order valence-corrected chi connectivity index (χ1v) is 7.00. The van der Waals surface area contributed by atoms with Crippen molar-refractivity contribution in [1.82, 2.24) is 5.32 Å². The first-order valence-electron chi connectivity index (χ1n) is 7.00. The largest absolute Gasteiger partial charge is 0.468 e. The van der Waals surface area contributed by atoms with E-state index in [-0.39, 0.29) is 5.97 Å². The van der Waals surface area contributed by atoms with Gasteiger partial charge < -0.3 is 10.1 Å². The first kappa shape index (κ1) is 17.0. The van der Waals surface area contributed by atoms with Crippen LogP contribution in [0.5, 0.6) is 0 Å². The SMILES string of the molecule is COC(=O)C(C)(CCc1ccccc1)NCCCN=[N+]=[N-]. The van der Waals surface area contributed by atoms with Gasteiger partial charge in [-0.05, 0) is 43.8 Å². The number of ether oxygens (including phenoxy) is 1. The van der Waals surface area contributed by atoms with Gasteiger partial charge >= 0.3 is 5.97 Å². The molecule has 21 heavy (non-hydrogen) atoms. The number of methoxy groups -OCH3 is 1. The summed E-state index contributed by atoms with van der Waals surface area (Å²) in [6.45, 7) is 2.86. The third-order valence-electron chi connectivity index (χ3n) is 3.41. The van der Waals surface area contributed by atoms with Crippen molar-refractivity contribution in [3.8, 4) is 0 Å². The number of azide groups is 1. The van der Waals surface area contributed by atoms with Gasteiger partial charge in [-0.2, -0.15) is 0 Å². The summed E-state index contributed by atoms with van der Waals surface area (Å²) in [5.41, 5.74) is 8.67. The predicted molar refractivity (Wildman–Crippen MR) is 81.8 cm³/mol. The summed E-state index contributed by atoms with van der Waals surface area (Å²) in [6, 6.07) is 10.0. The molecule has 0 amide bonds. The summed E-state index contributed by atoms with van der Waals surface area (Å²) in [4.78, 5) is 14.7. The Morgan fingerprint density at radius 1 is 1.43 bits per heavy atom. The summed E-state index contributed by atoms with van der Waals surface area (Å²) >= 11 is 0. The van der Waals surface area contributed by atoms with Crippen molar-refractivity contribution in [1.29, 1.82) is 0 Å². The second kappa shape index (κ2) is 9.00. The van der Waals surface area contributed by atoms with Crippen LogP contribution in [-0.2, 0) is 16.0 Å². The highest BCUT2D eigenvalue weighted by molar-refractivity contribution is 5.80. The summed E-state index contributed by atoms with van der Waals surface area (Å²) < 4.78 is 4.90. The molecule has 1 atom stereocenters. The van der Waals surface area contributed by atoms with E-state index in [9.17, 15) is 4.79 Å². The normalized spacial score (nSPS) is 13.0. The van der Waals surface area contributed by atoms with Crippen LogP contribution in [0.1, 0.15) is 25.3 Å². The summed E-state index contributed by atoms with van der Waals surface area (Å²) in [7, 11) is 1.39. The molecule has 0 aromatic heterocycles. The molecule has 114 valence electrons. The van der Waals surface area contributed by atoms with Gasteiger partial charge in [0.05, 0.1) is 7.11 Å². The number of aryl methyl sites for hydroxylation is 1. The number of esters is 1. The van der Waals surface area contributed by atoms with E-state index < -0.39 is 5.54 Å². The molecule has 1 rings (SSSR count). The lowest BCUT2D eigenvalue weighted by Gasteiger charge is -2.28. The molecule has 6 nitrogen and oxygen atoms in total. The third kappa shape index (κ3) is 5.85. The fourth-order valence-corrected chi connectivity index (χ4v) is 2.09. The van der Waals surface area contributed by atoms with Gasteiger partial charge in [-0.1, -0.05) is 35.4 Å². The average Bonchev–Trinajstić information content (AvgIpc) is 2.53. The lowest BCUT2D eigenvalue weighted by molar-refractivity contribution is -0.148. The third-order valence-corrected chi connectivity index (χ3v) is 3.41. The van der Waals surface area contributed by atoms with Crippen molar-refractivity contribution in [2.45, 2.75) is 31.7 Å². The van der Waals surface area contributed by atoms with E-state index in [1.165, 1.54) is 12.7 Å². The van der Waals surface area contributed by atoms with Crippen molar-refractivity contribution in [2.24, 2.45) is 5.11 Å². The van der Waals surface area contributed by atoms with Crippen LogP contribution < -0.4 is 5.32 Å². The Hall–Kier alpha value is -2.04. The van der Waals surface area contributed by atoms with Gasteiger partial charge in [-0.25, -0.2) is 0 Å². The average molecular weight is 290 g/mol. The van der Waals surface area contributed by atoms with Crippen LogP contribution in [0.2, 0.25) is 0 Å². The second-order valence-electron chi connectivity index (χ2n) is 5.04. The zero-order chi connectivity index (χ0) is 15.6. The molecule has 0 saturated heterocycles. The highest BCUT2D eigenvalue weighted by atomic mass is 16.5. The highest BCUT2D eigenvalue weighted by Gasteiger charge is 2.33. The zero-order valence-electron chi connectivity index (χ0n) is 12.6. The first-order chi connectivity index (χ1) is 10.1. The van der Waals surface area contributed by atoms with Crippen LogP contribution in [0.3, 0.4) is 0 Å². The summed E-state index contributed by atoms with van der Waals surface area (Å²) in [6.07, 6.45) is 2.11. The van der Waals surface area contributed by atoms with Crippen LogP contribution in [-0.4, -0.2) is 31.7 Å². The van der Waals surface area contributed by atoms with Crippen molar-refractivity contribution < 1.29 is 9.53 Å². The number of nitrogens with one attached hydrogen (secondary N) is 1. The van der Waals surface area contributed by atoms with E-state index in [1.807, 2.05) is 37.3 Å². The molecular weight excluding hydrogens is 268 g/mol. The second-order valence-corrected chi connectivity index (χ2v) is 5.04. The maximum Gasteiger partial charge on any atom is 0.325 e. The van der Waals surface area contributed by atoms with Crippen molar-refractivity contribution in [3.05, 3.63) is 46.3 Å². The van der Waals surface area contributed by atoms with E-state index >= 15 is 0 Å². The molecule has 0 aliphatic rings. The van der Waals surface area contributed by atoms with Crippen LogP contribution in [0.4, 0.5) is 0 Å². The van der Waals surface area contributed by atoms with Crippen LogP contribution in [0.15, 0.2) is 35.4 Å². The Balaban J connectivity index is 2.56. The molecule has 0 spiro atoms. The van der Waals surface area contributed by atoms with Gasteiger partial charge in [-0.3, -0.25) is 4.79 Å². The highest BCUT2D eigenvalue weighted by Crippen LogP contribution is 2.16. The molecule has 0 aliphatic carbocycles. The number of carbonyl (C=O) groups excluding carboxylic acids is 1. The maximum atomic E-state index is 12.0. The van der Waals surface area contributed by atoms with Gasteiger partial charge in [0, 0.05) is 11.5 Å². The molecule has 0 heterocycles. The van der Waals surface area contributed by atoms with E-state index in [2.05, 4.69) is 15.3 Å². The van der Waals surface area contributed by atoms with Crippen molar-refractivity contribution >= 4 is 5.97 Å². The van der Waals surface area contributed by atoms with Crippen molar-refractivity contribution in [3.63, 3.8) is 0 Å². The summed E-state index contributed by atoms with van der Waals surface area (Å²) in [5.74, 6) is -0.276. The zero-order valence-corrected chi connectivity index (χ0v) is 12.6. The van der Waals surface area contributed by atoms with Crippen molar-refractivity contribution in [2.75, 3.05) is 20.2 Å². The van der Waals surface area contributed by atoms with Crippen LogP contribution >= 0.6 is 0 Å². The molecule has 0 radical (unpaired) electrons. The Morgan fingerprint density at radius 2 is 2.14 bits per heavy atom. The standard InChI is InChI=1S/C15H22N4O2/c1-15(14(20)21-2,17-11-6-12-18-19-16)10-9-13-7-4-3-5-8-13/h3-5,7-8,17H,6,9-12H2,1-2H3. The minimum absolute atomic E-state index is 0.276. The van der Waals surface area contributed by atoms with E-state index in [4.69, 9.17) is 10.3 Å². The number of hydrogen-bond acceptors (Lipinski definition) is 4. The monoisotopic (exact) mass is 290 g/mol. The Labute approximate surface area is 125 Å². The van der Waals surface area contributed by atoms with Gasteiger partial charge in [0.2, 0.25) is 0 Å². The minimum Gasteiger partial charge on any atom is -0.468 e. The lowest BCUT2D eigenvalue weighted by atomic mass is 9.93. The van der Waals surface area contributed by atoms with Gasteiger partial charge in [0.25, 0.3) is 0 Å². The number of carbonyl (C=O) groups is 1. The quantitative estimate of drug-likeness (QED) is 0.249. The topological polar surface area (TPSA) is 87.1 Å². The Kier molecular flexibility index (Phi) is 7.29. The molecule has 1 aromatic carbocycles. The molecule has 0 bridgehead atoms. The fourth-order valence-electron chi connectivity index (χ4n) is 2.09. The molecule has 1 unspecified atom stereocenters. The predicted octanol–water partition coefficient (Wildman–Crippen LogP) is 2.84. The minimum atomic E-state index is -0.735. The van der Waals surface area contributed by atoms with Gasteiger partial charge in [-0.15, -0.1) is 0 Å². The molecule has 1 aromatic rings. The molecule has 6 heteroatoms. The Bertz CT molecular complexity index is 486. The number of benzene rings is 1. The number of nitrogens with zero attached hydrogens (tertiary/aromatic N) is 3. The molecule has 1 N–H and O–H groups in total. The van der Waals surface area contributed by atoms with E-state index in [0.29, 0.717) is 25.9 Å². The Morgan fingerprint density at radius 3 is 2.76 bits per heavy atom. The number of hydrogen-bond donors (Lipinski definition) is 1. The maximum absolute atomic E-state index is 12.0. The van der Waals surface area contributed by atoms with Gasteiger partial charge in [0.15, 0.2) is 0 Å². The molecule has 0 saturated carbocycles. The summed E-state index contributed by atoms with van der Waals surface area (Å²) in [5, 5.41) is 6.69. The van der Waals surface area contributed by atoms with E-state index in [0.717, 1.165) is 6.42 Å². The van der Waals surface area contributed by atoms with Gasteiger partial charge in [0.1, 0.15) is 5.54 Å². The lowest BCUT2D eigenvalue weighted by Crippen LogP contribution is -2.51. The van der Waals surface area contributed by atoms with E-state index in [1.54, 1.807) is 0 Å². The molecule has 0 aliphatic heterocycles.